The molecule has 1 amide bonds. The Labute approximate surface area is 167 Å². The lowest BCUT2D eigenvalue weighted by Crippen LogP contribution is -2.50. The van der Waals surface area contributed by atoms with E-state index >= 15 is 0 Å². The molecule has 0 N–H and O–H groups in total. The van der Waals surface area contributed by atoms with Crippen LogP contribution in [0.2, 0.25) is 0 Å². The highest BCUT2D eigenvalue weighted by Gasteiger charge is 2.30. The molecule has 1 saturated heterocycles. The molecule has 2 aliphatic rings. The van der Waals surface area contributed by atoms with Crippen LogP contribution in [0.1, 0.15) is 37.7 Å². The van der Waals surface area contributed by atoms with Crippen LogP contribution in [0.15, 0.2) is 17.0 Å². The zero-order valence-corrected chi connectivity index (χ0v) is 16.8. The van der Waals surface area contributed by atoms with E-state index in [1.54, 1.807) is 6.92 Å². The first-order valence-electron chi connectivity index (χ1n) is 9.78. The summed E-state index contributed by atoms with van der Waals surface area (Å²) in [4.78, 5) is 16.8. The Bertz CT molecular complexity index is 696. The largest absolute Gasteiger partial charge is 0.398 e. The Kier molecular flexibility index (Phi) is 6.78. The van der Waals surface area contributed by atoms with Crippen molar-refractivity contribution < 1.29 is 22.4 Å². The highest BCUT2D eigenvalue weighted by atomic mass is 32.2. The summed E-state index contributed by atoms with van der Waals surface area (Å²) in [5, 5.41) is 0. The zero-order chi connectivity index (χ0) is 20.3. The number of alkyl halides is 3. The van der Waals surface area contributed by atoms with Crippen molar-refractivity contribution in [2.75, 3.05) is 36.8 Å². The standard InChI is InChI=1S/C20H26F4N2OS/c1-14-11-16(21)17(12-18(14)28-13-20(22,23)24)25-7-9-26(10-8-25)19(27)15-5-3-2-4-6-15/h11-12,15H,2-10,13H2,1H3. The van der Waals surface area contributed by atoms with Crippen LogP contribution < -0.4 is 4.90 Å². The second kappa shape index (κ2) is 8.93. The van der Waals surface area contributed by atoms with E-state index in [1.807, 2.05) is 9.80 Å². The Hall–Kier alpha value is -1.44. The van der Waals surface area contributed by atoms with Crippen molar-refractivity contribution in [3.63, 3.8) is 0 Å². The van der Waals surface area contributed by atoms with Gasteiger partial charge in [-0.3, -0.25) is 4.79 Å². The number of nitrogens with zero attached hydrogens (tertiary/aromatic N) is 2. The molecule has 0 radical (unpaired) electrons. The Morgan fingerprint density at radius 2 is 1.75 bits per heavy atom. The summed E-state index contributed by atoms with van der Waals surface area (Å²) < 4.78 is 52.1. The van der Waals surface area contributed by atoms with E-state index in [0.717, 1.165) is 25.7 Å². The van der Waals surface area contributed by atoms with Crippen molar-refractivity contribution in [2.45, 2.75) is 50.1 Å². The second-order valence-electron chi connectivity index (χ2n) is 7.62. The summed E-state index contributed by atoms with van der Waals surface area (Å²) in [6, 6.07) is 2.81. The molecule has 1 aromatic carbocycles. The summed E-state index contributed by atoms with van der Waals surface area (Å²) in [5.41, 5.74) is 0.821. The number of aryl methyl sites for hydroxylation is 1. The van der Waals surface area contributed by atoms with E-state index < -0.39 is 17.7 Å². The number of rotatable bonds is 4. The molecule has 3 nitrogen and oxygen atoms in total. The van der Waals surface area contributed by atoms with E-state index in [0.29, 0.717) is 54.1 Å². The highest BCUT2D eigenvalue weighted by molar-refractivity contribution is 7.99. The minimum Gasteiger partial charge on any atom is -0.366 e. The van der Waals surface area contributed by atoms with Crippen LogP contribution in [0, 0.1) is 18.7 Å². The molecule has 0 bridgehead atoms. The fourth-order valence-corrected chi connectivity index (χ4v) is 4.78. The van der Waals surface area contributed by atoms with Crippen LogP contribution in [0.25, 0.3) is 0 Å². The van der Waals surface area contributed by atoms with E-state index in [1.165, 1.54) is 18.6 Å². The third-order valence-electron chi connectivity index (χ3n) is 5.52. The topological polar surface area (TPSA) is 23.6 Å². The van der Waals surface area contributed by atoms with Gasteiger partial charge in [-0.25, -0.2) is 4.39 Å². The van der Waals surface area contributed by atoms with Crippen LogP contribution in [-0.2, 0) is 4.79 Å². The molecular weight excluding hydrogens is 392 g/mol. The first-order chi connectivity index (χ1) is 13.2. The molecule has 1 aliphatic heterocycles. The minimum atomic E-state index is -4.27. The molecule has 3 rings (SSSR count). The molecule has 0 atom stereocenters. The molecule has 1 aliphatic carbocycles. The van der Waals surface area contributed by atoms with Gasteiger partial charge in [-0.1, -0.05) is 19.3 Å². The van der Waals surface area contributed by atoms with Crippen molar-refractivity contribution in [2.24, 2.45) is 5.92 Å². The number of amides is 1. The fourth-order valence-electron chi connectivity index (χ4n) is 3.98. The number of hydrogen-bond acceptors (Lipinski definition) is 3. The average molecular weight is 419 g/mol. The van der Waals surface area contributed by atoms with Gasteiger partial charge in [0.05, 0.1) is 11.4 Å². The molecule has 2 fully saturated rings. The van der Waals surface area contributed by atoms with Gasteiger partial charge in [-0.15, -0.1) is 11.8 Å². The van der Waals surface area contributed by atoms with Crippen LogP contribution in [0.3, 0.4) is 0 Å². The van der Waals surface area contributed by atoms with Gasteiger partial charge in [-0.2, -0.15) is 13.2 Å². The van der Waals surface area contributed by atoms with Crippen LogP contribution in [-0.4, -0.2) is 48.9 Å². The number of carbonyl (C=O) groups is 1. The van der Waals surface area contributed by atoms with Gasteiger partial charge in [0.1, 0.15) is 5.82 Å². The lowest BCUT2D eigenvalue weighted by Gasteiger charge is -2.38. The monoisotopic (exact) mass is 418 g/mol. The quantitative estimate of drug-likeness (QED) is 0.507. The first-order valence-corrected chi connectivity index (χ1v) is 10.8. The lowest BCUT2D eigenvalue weighted by atomic mass is 9.88. The smallest absolute Gasteiger partial charge is 0.366 e. The van der Waals surface area contributed by atoms with Crippen LogP contribution in [0.4, 0.5) is 23.2 Å². The maximum absolute atomic E-state index is 14.5. The molecular formula is C20H26F4N2OS. The summed E-state index contributed by atoms with van der Waals surface area (Å²) in [7, 11) is 0. The number of thioether (sulfide) groups is 1. The number of anilines is 1. The lowest BCUT2D eigenvalue weighted by molar-refractivity contribution is -0.136. The maximum atomic E-state index is 14.5. The fraction of sp³-hybridized carbons (Fsp3) is 0.650. The van der Waals surface area contributed by atoms with E-state index in [4.69, 9.17) is 0 Å². The molecule has 156 valence electrons. The van der Waals surface area contributed by atoms with Crippen molar-refractivity contribution in [3.05, 3.63) is 23.5 Å². The molecule has 1 heterocycles. The predicted molar refractivity (Wildman–Crippen MR) is 103 cm³/mol. The second-order valence-corrected chi connectivity index (χ2v) is 8.64. The highest BCUT2D eigenvalue weighted by Crippen LogP contribution is 2.34. The van der Waals surface area contributed by atoms with Gasteiger partial charge in [0.15, 0.2) is 0 Å². The predicted octanol–water partition coefficient (Wildman–Crippen LogP) is 5.02. The normalized spacial score (nSPS) is 19.2. The van der Waals surface area contributed by atoms with Crippen LogP contribution >= 0.6 is 11.8 Å². The number of halogens is 4. The van der Waals surface area contributed by atoms with Gasteiger partial charge in [0.25, 0.3) is 0 Å². The molecule has 0 aromatic heterocycles. The van der Waals surface area contributed by atoms with Crippen molar-refractivity contribution in [1.29, 1.82) is 0 Å². The molecule has 1 aromatic rings. The summed E-state index contributed by atoms with van der Waals surface area (Å²) in [5.74, 6) is -1.12. The van der Waals surface area contributed by atoms with Crippen molar-refractivity contribution in [3.8, 4) is 0 Å². The van der Waals surface area contributed by atoms with Gasteiger partial charge in [-0.05, 0) is 37.5 Å². The molecule has 1 saturated carbocycles. The van der Waals surface area contributed by atoms with E-state index in [2.05, 4.69) is 0 Å². The van der Waals surface area contributed by atoms with Crippen molar-refractivity contribution >= 4 is 23.4 Å². The summed E-state index contributed by atoms with van der Waals surface area (Å²) >= 11 is 0.682. The zero-order valence-electron chi connectivity index (χ0n) is 16.0. The van der Waals surface area contributed by atoms with Gasteiger partial charge in [0, 0.05) is 37.0 Å². The molecule has 0 spiro atoms. The number of piperazine rings is 1. The molecule has 28 heavy (non-hydrogen) atoms. The van der Waals surface area contributed by atoms with Gasteiger partial charge >= 0.3 is 6.18 Å². The maximum Gasteiger partial charge on any atom is 0.398 e. The SMILES string of the molecule is Cc1cc(F)c(N2CCN(C(=O)C3CCCCC3)CC2)cc1SCC(F)(F)F. The van der Waals surface area contributed by atoms with E-state index in [9.17, 15) is 22.4 Å². The molecule has 0 unspecified atom stereocenters. The third-order valence-corrected chi connectivity index (χ3v) is 6.74. The van der Waals surface area contributed by atoms with Crippen molar-refractivity contribution in [1.82, 2.24) is 4.90 Å². The number of benzene rings is 1. The molecule has 8 heteroatoms. The third kappa shape index (κ3) is 5.33. The number of carbonyl (C=O) groups excluding carboxylic acids is 1. The first kappa shape index (κ1) is 21.3. The van der Waals surface area contributed by atoms with E-state index in [-0.39, 0.29) is 11.8 Å². The Morgan fingerprint density at radius 3 is 2.36 bits per heavy atom. The Balaban J connectivity index is 1.64. The van der Waals surface area contributed by atoms with Gasteiger partial charge < -0.3 is 9.80 Å². The Morgan fingerprint density at radius 1 is 1.11 bits per heavy atom. The average Bonchev–Trinajstić information content (AvgIpc) is 2.67. The summed E-state index contributed by atoms with van der Waals surface area (Å²) in [6.45, 7) is 3.64. The minimum absolute atomic E-state index is 0.113. The summed E-state index contributed by atoms with van der Waals surface area (Å²) in [6.07, 6.45) is 1.03. The van der Waals surface area contributed by atoms with Crippen LogP contribution in [0.5, 0.6) is 0 Å². The van der Waals surface area contributed by atoms with Gasteiger partial charge in [0.2, 0.25) is 5.91 Å². The number of hydrogen-bond donors (Lipinski definition) is 0.